The second kappa shape index (κ2) is 5.80. The van der Waals surface area contributed by atoms with Gasteiger partial charge in [-0.3, -0.25) is 4.79 Å². The molecule has 0 spiro atoms. The Morgan fingerprint density at radius 1 is 1.21 bits per heavy atom. The Kier molecular flexibility index (Phi) is 3.74. The molecule has 4 rings (SSSR count). The predicted octanol–water partition coefficient (Wildman–Crippen LogP) is 4.81. The van der Waals surface area contributed by atoms with Gasteiger partial charge in [0.15, 0.2) is 0 Å². The minimum Gasteiger partial charge on any atom is -0.357 e. The Balaban J connectivity index is 1.67. The van der Waals surface area contributed by atoms with Crippen LogP contribution in [0, 0.1) is 5.82 Å². The lowest BCUT2D eigenvalue weighted by molar-refractivity contribution is 0.0733. The van der Waals surface area contributed by atoms with E-state index in [1.54, 1.807) is 35.2 Å². The van der Waals surface area contributed by atoms with Gasteiger partial charge in [0.1, 0.15) is 5.82 Å². The second-order valence-electron chi connectivity index (χ2n) is 5.88. The van der Waals surface area contributed by atoms with Crippen LogP contribution in [0.25, 0.3) is 10.9 Å². The van der Waals surface area contributed by atoms with Crippen LogP contribution in [0.1, 0.15) is 21.6 Å². The molecule has 0 fully saturated rings. The molecule has 0 bridgehead atoms. The molecule has 0 radical (unpaired) electrons. The van der Waals surface area contributed by atoms with Crippen molar-refractivity contribution >= 4 is 40.0 Å². The van der Waals surface area contributed by atoms with Gasteiger partial charge in [-0.05, 0) is 42.3 Å². The summed E-state index contributed by atoms with van der Waals surface area (Å²) in [5, 5.41) is 1.57. The number of halogens is 3. The number of carbonyl (C=O) groups is 1. The SMILES string of the molecule is O=C(c1cccc(Cl)c1)N1CCc2c([nH]c3cc(F)c(Cl)cc23)C1. The highest BCUT2D eigenvalue weighted by Crippen LogP contribution is 2.31. The molecule has 0 unspecified atom stereocenters. The summed E-state index contributed by atoms with van der Waals surface area (Å²) in [4.78, 5) is 17.6. The summed E-state index contributed by atoms with van der Waals surface area (Å²) in [7, 11) is 0. The molecule has 0 atom stereocenters. The Bertz CT molecular complexity index is 967. The number of aromatic amines is 1. The first kappa shape index (κ1) is 15.5. The largest absolute Gasteiger partial charge is 0.357 e. The predicted molar refractivity (Wildman–Crippen MR) is 93.2 cm³/mol. The van der Waals surface area contributed by atoms with Gasteiger partial charge in [-0.2, -0.15) is 0 Å². The normalized spacial score (nSPS) is 14.0. The van der Waals surface area contributed by atoms with Gasteiger partial charge in [0.2, 0.25) is 0 Å². The number of aromatic nitrogens is 1. The number of rotatable bonds is 1. The van der Waals surface area contributed by atoms with Crippen molar-refractivity contribution in [2.45, 2.75) is 13.0 Å². The standard InChI is InChI=1S/C18H13Cl2FN2O/c19-11-3-1-2-10(6-11)18(24)23-5-4-12-13-7-14(20)15(21)8-16(13)22-17(12)9-23/h1-3,6-8,22H,4-5,9H2. The molecular weight excluding hydrogens is 350 g/mol. The first-order chi connectivity index (χ1) is 11.5. The summed E-state index contributed by atoms with van der Waals surface area (Å²) in [6, 6.07) is 9.97. The fourth-order valence-corrected chi connectivity index (χ4v) is 3.57. The minimum atomic E-state index is -0.449. The maximum atomic E-state index is 13.6. The number of carbonyl (C=O) groups excluding carboxylic acids is 1. The average molecular weight is 363 g/mol. The van der Waals surface area contributed by atoms with E-state index in [9.17, 15) is 9.18 Å². The van der Waals surface area contributed by atoms with E-state index < -0.39 is 5.82 Å². The van der Waals surface area contributed by atoms with Gasteiger partial charge >= 0.3 is 0 Å². The van der Waals surface area contributed by atoms with Crippen LogP contribution >= 0.6 is 23.2 Å². The van der Waals surface area contributed by atoms with Crippen molar-refractivity contribution in [2.24, 2.45) is 0 Å². The van der Waals surface area contributed by atoms with Gasteiger partial charge in [-0.25, -0.2) is 4.39 Å². The third kappa shape index (κ3) is 2.56. The molecule has 6 heteroatoms. The minimum absolute atomic E-state index is 0.0639. The third-order valence-electron chi connectivity index (χ3n) is 4.37. The summed E-state index contributed by atoms with van der Waals surface area (Å²) in [6.45, 7) is 1.05. The van der Waals surface area contributed by atoms with Crippen molar-refractivity contribution in [3.05, 3.63) is 69.1 Å². The zero-order valence-corrected chi connectivity index (χ0v) is 14.1. The monoisotopic (exact) mass is 362 g/mol. The van der Waals surface area contributed by atoms with E-state index in [-0.39, 0.29) is 10.9 Å². The van der Waals surface area contributed by atoms with Crippen molar-refractivity contribution in [1.29, 1.82) is 0 Å². The van der Waals surface area contributed by atoms with Crippen LogP contribution in [0.5, 0.6) is 0 Å². The summed E-state index contributed by atoms with van der Waals surface area (Å²) in [5.41, 5.74) is 3.30. The summed E-state index contributed by atoms with van der Waals surface area (Å²) >= 11 is 11.9. The van der Waals surface area contributed by atoms with E-state index in [1.165, 1.54) is 6.07 Å². The van der Waals surface area contributed by atoms with E-state index >= 15 is 0 Å². The van der Waals surface area contributed by atoms with E-state index in [4.69, 9.17) is 23.2 Å². The van der Waals surface area contributed by atoms with Gasteiger partial charge in [0.05, 0.1) is 11.6 Å². The second-order valence-corrected chi connectivity index (χ2v) is 6.72. The molecule has 0 saturated heterocycles. The lowest BCUT2D eigenvalue weighted by atomic mass is 10.0. The van der Waals surface area contributed by atoms with Crippen LogP contribution in [-0.2, 0) is 13.0 Å². The summed E-state index contributed by atoms with van der Waals surface area (Å²) in [6.07, 6.45) is 0.698. The van der Waals surface area contributed by atoms with Gasteiger partial charge in [-0.15, -0.1) is 0 Å². The first-order valence-electron chi connectivity index (χ1n) is 7.56. The van der Waals surface area contributed by atoms with Gasteiger partial charge in [0.25, 0.3) is 5.91 Å². The van der Waals surface area contributed by atoms with Crippen LogP contribution in [0.4, 0.5) is 4.39 Å². The number of amides is 1. The maximum Gasteiger partial charge on any atom is 0.254 e. The summed E-state index contributed by atoms with van der Waals surface area (Å²) < 4.78 is 13.6. The van der Waals surface area contributed by atoms with E-state index in [2.05, 4.69) is 4.98 Å². The molecular formula is C18H13Cl2FN2O. The molecule has 2 aromatic carbocycles. The van der Waals surface area contributed by atoms with Crippen LogP contribution < -0.4 is 0 Å². The Labute approximate surface area is 148 Å². The zero-order valence-electron chi connectivity index (χ0n) is 12.6. The van der Waals surface area contributed by atoms with E-state index in [1.807, 2.05) is 0 Å². The highest BCUT2D eigenvalue weighted by atomic mass is 35.5. The van der Waals surface area contributed by atoms with Crippen molar-refractivity contribution in [3.8, 4) is 0 Å². The lowest BCUT2D eigenvalue weighted by Gasteiger charge is -2.27. The number of hydrogen-bond donors (Lipinski definition) is 1. The van der Waals surface area contributed by atoms with Crippen molar-refractivity contribution in [1.82, 2.24) is 9.88 Å². The van der Waals surface area contributed by atoms with Gasteiger partial charge < -0.3 is 9.88 Å². The number of fused-ring (bicyclic) bond motifs is 3. The van der Waals surface area contributed by atoms with Crippen LogP contribution in [0.15, 0.2) is 36.4 Å². The topological polar surface area (TPSA) is 36.1 Å². The summed E-state index contributed by atoms with van der Waals surface area (Å²) in [5.74, 6) is -0.513. The fourth-order valence-electron chi connectivity index (χ4n) is 3.22. The zero-order chi connectivity index (χ0) is 16.8. The highest BCUT2D eigenvalue weighted by Gasteiger charge is 2.25. The highest BCUT2D eigenvalue weighted by molar-refractivity contribution is 6.31. The third-order valence-corrected chi connectivity index (χ3v) is 4.90. The Morgan fingerprint density at radius 2 is 2.04 bits per heavy atom. The van der Waals surface area contributed by atoms with Crippen molar-refractivity contribution in [2.75, 3.05) is 6.54 Å². The van der Waals surface area contributed by atoms with E-state index in [0.717, 1.165) is 16.6 Å². The van der Waals surface area contributed by atoms with Crippen LogP contribution in [0.3, 0.4) is 0 Å². The molecule has 3 aromatic rings. The Hall–Kier alpha value is -2.04. The van der Waals surface area contributed by atoms with Crippen molar-refractivity contribution < 1.29 is 9.18 Å². The van der Waals surface area contributed by atoms with Gasteiger partial charge in [-0.1, -0.05) is 29.3 Å². The molecule has 122 valence electrons. The molecule has 24 heavy (non-hydrogen) atoms. The van der Waals surface area contributed by atoms with Crippen LogP contribution in [-0.4, -0.2) is 22.3 Å². The Morgan fingerprint density at radius 3 is 2.83 bits per heavy atom. The van der Waals surface area contributed by atoms with Crippen molar-refractivity contribution in [3.63, 3.8) is 0 Å². The first-order valence-corrected chi connectivity index (χ1v) is 8.32. The molecule has 1 N–H and O–H groups in total. The van der Waals surface area contributed by atoms with Gasteiger partial charge in [0, 0.05) is 33.7 Å². The molecule has 1 aliphatic heterocycles. The molecule has 1 aliphatic rings. The fraction of sp³-hybridized carbons (Fsp3) is 0.167. The molecule has 1 amide bonds. The quantitative estimate of drug-likeness (QED) is 0.662. The molecule has 0 saturated carbocycles. The smallest absolute Gasteiger partial charge is 0.254 e. The van der Waals surface area contributed by atoms with Crippen LogP contribution in [0.2, 0.25) is 10.0 Å². The molecule has 0 aliphatic carbocycles. The molecule has 2 heterocycles. The molecule has 3 nitrogen and oxygen atoms in total. The number of nitrogens with one attached hydrogen (secondary N) is 1. The molecule has 1 aromatic heterocycles. The number of benzene rings is 2. The number of nitrogens with zero attached hydrogens (tertiary/aromatic N) is 1. The average Bonchev–Trinajstić information content (AvgIpc) is 2.91. The van der Waals surface area contributed by atoms with E-state index in [0.29, 0.717) is 35.6 Å². The maximum absolute atomic E-state index is 13.6. The lowest BCUT2D eigenvalue weighted by Crippen LogP contribution is -2.35. The number of H-pyrrole nitrogens is 1. The number of hydrogen-bond acceptors (Lipinski definition) is 1.